The first-order chi connectivity index (χ1) is 10.4. The molecule has 1 aliphatic carbocycles. The highest BCUT2D eigenvalue weighted by Crippen LogP contribution is 2.41. The first-order valence-electron chi connectivity index (χ1n) is 7.84. The Balaban J connectivity index is 0.00000116. The number of aryl methyl sites for hydroxylation is 1. The van der Waals surface area contributed by atoms with Crippen LogP contribution in [0.3, 0.4) is 0 Å². The summed E-state index contributed by atoms with van der Waals surface area (Å²) in [5.41, 5.74) is 3.48. The lowest BCUT2D eigenvalue weighted by atomic mass is 9.85. The van der Waals surface area contributed by atoms with Crippen LogP contribution in [0.1, 0.15) is 60.3 Å². The van der Waals surface area contributed by atoms with Gasteiger partial charge in [-0.2, -0.15) is 0 Å². The molecule has 0 N–H and O–H groups in total. The topological polar surface area (TPSA) is 43.4 Å². The summed E-state index contributed by atoms with van der Waals surface area (Å²) < 4.78 is 5.08. The number of hydrogen-bond acceptors (Lipinski definition) is 3. The van der Waals surface area contributed by atoms with Crippen molar-refractivity contribution >= 4 is 17.8 Å². The minimum atomic E-state index is -1.09. The van der Waals surface area contributed by atoms with Gasteiger partial charge in [0.05, 0.1) is 6.61 Å². The van der Waals surface area contributed by atoms with Crippen molar-refractivity contribution in [3.63, 3.8) is 0 Å². The third-order valence-corrected chi connectivity index (χ3v) is 4.12. The zero-order valence-electron chi connectivity index (χ0n) is 14.5. The molecule has 0 saturated heterocycles. The highest BCUT2D eigenvalue weighted by atomic mass is 16.5. The first-order valence-corrected chi connectivity index (χ1v) is 7.84. The summed E-state index contributed by atoms with van der Waals surface area (Å²) in [5, 5.41) is 0. The summed E-state index contributed by atoms with van der Waals surface area (Å²) in [7, 11) is 0. The van der Waals surface area contributed by atoms with Crippen LogP contribution < -0.4 is 0 Å². The molecule has 1 unspecified atom stereocenters. The van der Waals surface area contributed by atoms with E-state index in [0.29, 0.717) is 12.0 Å². The van der Waals surface area contributed by atoms with E-state index in [1.807, 2.05) is 33.8 Å². The molecule has 120 valence electrons. The molecule has 1 aliphatic rings. The van der Waals surface area contributed by atoms with Crippen LogP contribution in [-0.2, 0) is 16.0 Å². The number of Topliss-reactive ketones (excluding diaryl/α,β-unsaturated/α-hetero) is 1. The predicted octanol–water partition coefficient (Wildman–Crippen LogP) is 4.28. The number of benzene rings is 1. The van der Waals surface area contributed by atoms with Crippen LogP contribution in [0, 0.1) is 19.3 Å². The van der Waals surface area contributed by atoms with Crippen molar-refractivity contribution in [3.05, 3.63) is 40.5 Å². The van der Waals surface area contributed by atoms with E-state index in [2.05, 4.69) is 6.58 Å². The van der Waals surface area contributed by atoms with E-state index in [1.165, 1.54) is 0 Å². The molecule has 1 aromatic carbocycles. The van der Waals surface area contributed by atoms with Crippen LogP contribution in [0.4, 0.5) is 0 Å². The van der Waals surface area contributed by atoms with Crippen molar-refractivity contribution in [1.82, 2.24) is 0 Å². The smallest absolute Gasteiger partial charge is 0.320 e. The molecule has 1 aromatic rings. The van der Waals surface area contributed by atoms with Gasteiger partial charge in [-0.15, -0.1) is 0 Å². The van der Waals surface area contributed by atoms with Crippen LogP contribution in [0.5, 0.6) is 0 Å². The second-order valence-corrected chi connectivity index (χ2v) is 5.53. The van der Waals surface area contributed by atoms with Gasteiger partial charge in [0.25, 0.3) is 0 Å². The summed E-state index contributed by atoms with van der Waals surface area (Å²) in [5.74, 6) is -0.565. The number of hydrogen-bond donors (Lipinski definition) is 0. The number of esters is 1. The molecule has 0 radical (unpaired) electrons. The van der Waals surface area contributed by atoms with Crippen molar-refractivity contribution in [3.8, 4) is 0 Å². The van der Waals surface area contributed by atoms with Crippen molar-refractivity contribution < 1.29 is 14.3 Å². The molecule has 3 nitrogen and oxygen atoms in total. The highest BCUT2D eigenvalue weighted by Gasteiger charge is 2.49. The maximum Gasteiger partial charge on any atom is 0.320 e. The Labute approximate surface area is 133 Å². The van der Waals surface area contributed by atoms with Gasteiger partial charge in [0.2, 0.25) is 0 Å². The number of carbonyl (C=O) groups excluding carboxylic acids is 2. The largest absolute Gasteiger partial charge is 0.465 e. The van der Waals surface area contributed by atoms with E-state index in [4.69, 9.17) is 4.74 Å². The molecule has 0 bridgehead atoms. The maximum absolute atomic E-state index is 12.7. The lowest BCUT2D eigenvalue weighted by Crippen LogP contribution is -2.35. The fourth-order valence-corrected chi connectivity index (χ4v) is 3.04. The molecular weight excluding hydrogens is 276 g/mol. The van der Waals surface area contributed by atoms with Gasteiger partial charge in [-0.3, -0.25) is 9.59 Å². The Hall–Kier alpha value is -1.90. The van der Waals surface area contributed by atoms with E-state index >= 15 is 0 Å². The lowest BCUT2D eigenvalue weighted by molar-refractivity contribution is -0.151. The predicted molar refractivity (Wildman–Crippen MR) is 90.1 cm³/mol. The van der Waals surface area contributed by atoms with Crippen molar-refractivity contribution in [1.29, 1.82) is 0 Å². The van der Waals surface area contributed by atoms with E-state index in [9.17, 15) is 9.59 Å². The Morgan fingerprint density at radius 3 is 2.50 bits per heavy atom. The third-order valence-electron chi connectivity index (χ3n) is 4.12. The fourth-order valence-electron chi connectivity index (χ4n) is 3.04. The van der Waals surface area contributed by atoms with Gasteiger partial charge in [0, 0.05) is 5.56 Å². The molecule has 22 heavy (non-hydrogen) atoms. The zero-order chi connectivity index (χ0) is 17.1. The second-order valence-electron chi connectivity index (χ2n) is 5.53. The summed E-state index contributed by atoms with van der Waals surface area (Å²) in [6.07, 6.45) is 2.18. The SMILES string of the molecule is C=Cc1c(C)cc2c(c1C)C(=O)C(C)(C(=O)OCC)C2.CC. The van der Waals surface area contributed by atoms with Gasteiger partial charge in [0.15, 0.2) is 5.78 Å². The number of ether oxygens (including phenoxy) is 1. The molecule has 3 heteroatoms. The van der Waals surface area contributed by atoms with Gasteiger partial charge < -0.3 is 4.74 Å². The van der Waals surface area contributed by atoms with Gasteiger partial charge in [-0.25, -0.2) is 0 Å². The molecule has 0 saturated carbocycles. The summed E-state index contributed by atoms with van der Waals surface area (Å²) in [6.45, 7) is 15.4. The molecular formula is C19H26O3. The van der Waals surface area contributed by atoms with Crippen LogP contribution in [0.25, 0.3) is 6.08 Å². The summed E-state index contributed by atoms with van der Waals surface area (Å²) >= 11 is 0. The fraction of sp³-hybridized carbons (Fsp3) is 0.474. The summed E-state index contributed by atoms with van der Waals surface area (Å²) in [6, 6.07) is 1.99. The lowest BCUT2D eigenvalue weighted by Gasteiger charge is -2.19. The second kappa shape index (κ2) is 6.91. The average molecular weight is 302 g/mol. The Morgan fingerprint density at radius 2 is 2.00 bits per heavy atom. The average Bonchev–Trinajstić information content (AvgIpc) is 2.74. The number of carbonyl (C=O) groups is 2. The third kappa shape index (κ3) is 2.72. The van der Waals surface area contributed by atoms with E-state index in [1.54, 1.807) is 19.9 Å². The van der Waals surface area contributed by atoms with Gasteiger partial charge in [-0.1, -0.05) is 32.6 Å². The van der Waals surface area contributed by atoms with Crippen LogP contribution in [0.15, 0.2) is 12.6 Å². The van der Waals surface area contributed by atoms with Gasteiger partial charge in [0.1, 0.15) is 5.41 Å². The molecule has 0 amide bonds. The van der Waals surface area contributed by atoms with E-state index < -0.39 is 11.4 Å². The molecule has 0 aliphatic heterocycles. The van der Waals surface area contributed by atoms with Gasteiger partial charge >= 0.3 is 5.97 Å². The normalized spacial score (nSPS) is 19.1. The number of rotatable bonds is 3. The first kappa shape index (κ1) is 18.1. The van der Waals surface area contributed by atoms with E-state index in [-0.39, 0.29) is 12.4 Å². The summed E-state index contributed by atoms with van der Waals surface area (Å²) in [4.78, 5) is 24.8. The minimum Gasteiger partial charge on any atom is -0.465 e. The molecule has 2 rings (SSSR count). The monoisotopic (exact) mass is 302 g/mol. The Kier molecular flexibility index (Phi) is 5.70. The Morgan fingerprint density at radius 1 is 1.41 bits per heavy atom. The number of fused-ring (bicyclic) bond motifs is 1. The quantitative estimate of drug-likeness (QED) is 0.618. The van der Waals surface area contributed by atoms with Crippen molar-refractivity contribution in [2.24, 2.45) is 5.41 Å². The van der Waals surface area contributed by atoms with E-state index in [0.717, 1.165) is 22.3 Å². The maximum atomic E-state index is 12.7. The van der Waals surface area contributed by atoms with Crippen LogP contribution in [-0.4, -0.2) is 18.4 Å². The number of ketones is 1. The molecule has 0 heterocycles. The molecule has 0 fully saturated rings. The van der Waals surface area contributed by atoms with Crippen LogP contribution >= 0.6 is 0 Å². The van der Waals surface area contributed by atoms with Gasteiger partial charge in [-0.05, 0) is 56.4 Å². The van der Waals surface area contributed by atoms with Crippen molar-refractivity contribution in [2.45, 2.75) is 48.0 Å². The Bertz CT molecular complexity index is 614. The van der Waals surface area contributed by atoms with Crippen LogP contribution in [0.2, 0.25) is 0 Å². The molecule has 0 aromatic heterocycles. The minimum absolute atomic E-state index is 0.133. The van der Waals surface area contributed by atoms with Crippen molar-refractivity contribution in [2.75, 3.05) is 6.61 Å². The zero-order valence-corrected chi connectivity index (χ0v) is 14.5. The highest BCUT2D eigenvalue weighted by molar-refractivity contribution is 6.16. The standard InChI is InChI=1S/C17H20O3.C2H6/c1-6-13-10(3)8-12-9-17(5,16(19)20-7-2)15(18)14(12)11(13)4;1-2/h6,8H,1,7,9H2,2-5H3;1-2H3. The molecule has 0 spiro atoms. The molecule has 1 atom stereocenters.